The van der Waals surface area contributed by atoms with E-state index in [0.717, 1.165) is 22.7 Å². The SMILES string of the molecule is CNCC1CCCC1c1occc1Br. The Labute approximate surface area is 93.2 Å². The molecule has 2 atom stereocenters. The average Bonchev–Trinajstić information content (AvgIpc) is 2.74. The smallest absolute Gasteiger partial charge is 0.121 e. The molecule has 1 heterocycles. The van der Waals surface area contributed by atoms with E-state index in [1.165, 1.54) is 19.3 Å². The predicted octanol–water partition coefficient (Wildman–Crippen LogP) is 3.15. The van der Waals surface area contributed by atoms with Gasteiger partial charge in [0.05, 0.1) is 10.7 Å². The number of rotatable bonds is 3. The summed E-state index contributed by atoms with van der Waals surface area (Å²) in [5.74, 6) is 2.48. The first-order valence-electron chi connectivity index (χ1n) is 5.20. The van der Waals surface area contributed by atoms with Crippen molar-refractivity contribution < 1.29 is 4.42 Å². The zero-order valence-electron chi connectivity index (χ0n) is 8.42. The molecule has 0 aromatic carbocycles. The van der Waals surface area contributed by atoms with Gasteiger partial charge in [-0.05, 0) is 54.3 Å². The van der Waals surface area contributed by atoms with E-state index in [0.29, 0.717) is 5.92 Å². The Kier molecular flexibility index (Phi) is 3.29. The van der Waals surface area contributed by atoms with E-state index in [1.807, 2.05) is 13.1 Å². The van der Waals surface area contributed by atoms with Crippen LogP contribution in [-0.4, -0.2) is 13.6 Å². The molecule has 0 saturated heterocycles. The second-order valence-electron chi connectivity index (χ2n) is 3.99. The fourth-order valence-electron chi connectivity index (χ4n) is 2.46. The summed E-state index contributed by atoms with van der Waals surface area (Å²) >= 11 is 3.54. The van der Waals surface area contributed by atoms with E-state index in [2.05, 4.69) is 21.2 Å². The van der Waals surface area contributed by atoms with Crippen LogP contribution >= 0.6 is 15.9 Å². The molecule has 2 nitrogen and oxygen atoms in total. The topological polar surface area (TPSA) is 25.2 Å². The molecule has 1 aliphatic carbocycles. The highest BCUT2D eigenvalue weighted by molar-refractivity contribution is 9.10. The third-order valence-corrected chi connectivity index (χ3v) is 3.76. The highest BCUT2D eigenvalue weighted by atomic mass is 79.9. The molecule has 0 aliphatic heterocycles. The summed E-state index contributed by atoms with van der Waals surface area (Å²) in [4.78, 5) is 0. The van der Waals surface area contributed by atoms with Gasteiger partial charge in [0.15, 0.2) is 0 Å². The summed E-state index contributed by atoms with van der Waals surface area (Å²) in [6, 6.07) is 1.99. The normalized spacial score (nSPS) is 27.0. The first-order valence-corrected chi connectivity index (χ1v) is 5.99. The molecular weight excluding hydrogens is 242 g/mol. The monoisotopic (exact) mass is 257 g/mol. The Balaban J connectivity index is 2.13. The molecule has 2 unspecified atom stereocenters. The number of nitrogens with one attached hydrogen (secondary N) is 1. The van der Waals surface area contributed by atoms with Crippen LogP contribution < -0.4 is 5.32 Å². The lowest BCUT2D eigenvalue weighted by Gasteiger charge is -2.17. The standard InChI is InChI=1S/C11H16BrNO/c1-13-7-8-3-2-4-9(8)11-10(12)5-6-14-11/h5-6,8-9,13H,2-4,7H2,1H3. The summed E-state index contributed by atoms with van der Waals surface area (Å²) in [6.45, 7) is 1.10. The maximum atomic E-state index is 5.55. The third-order valence-electron chi connectivity index (χ3n) is 3.11. The van der Waals surface area contributed by atoms with E-state index in [1.54, 1.807) is 6.26 Å². The van der Waals surface area contributed by atoms with Gasteiger partial charge in [0, 0.05) is 5.92 Å². The lowest BCUT2D eigenvalue weighted by atomic mass is 9.94. The summed E-state index contributed by atoms with van der Waals surface area (Å²) < 4.78 is 6.68. The molecule has 2 rings (SSSR count). The molecule has 0 bridgehead atoms. The van der Waals surface area contributed by atoms with E-state index in [9.17, 15) is 0 Å². The van der Waals surface area contributed by atoms with Crippen LogP contribution in [0, 0.1) is 5.92 Å². The van der Waals surface area contributed by atoms with Gasteiger partial charge in [-0.25, -0.2) is 0 Å². The molecule has 1 aliphatic rings. The minimum atomic E-state index is 0.604. The minimum Gasteiger partial charge on any atom is -0.468 e. The number of furan rings is 1. The Morgan fingerprint density at radius 1 is 1.57 bits per heavy atom. The van der Waals surface area contributed by atoms with Gasteiger partial charge < -0.3 is 9.73 Å². The highest BCUT2D eigenvalue weighted by Crippen LogP contribution is 2.42. The molecule has 0 radical (unpaired) electrons. The molecule has 1 aromatic heterocycles. The third kappa shape index (κ3) is 1.89. The first kappa shape index (κ1) is 10.2. The van der Waals surface area contributed by atoms with Crippen molar-refractivity contribution in [2.45, 2.75) is 25.2 Å². The Bertz CT molecular complexity index is 297. The Morgan fingerprint density at radius 2 is 2.43 bits per heavy atom. The molecule has 1 saturated carbocycles. The maximum Gasteiger partial charge on any atom is 0.121 e. The molecule has 78 valence electrons. The summed E-state index contributed by atoms with van der Waals surface area (Å²) in [5, 5.41) is 3.26. The van der Waals surface area contributed by atoms with Gasteiger partial charge in [0.2, 0.25) is 0 Å². The molecule has 1 fully saturated rings. The first-order chi connectivity index (χ1) is 6.83. The second-order valence-corrected chi connectivity index (χ2v) is 4.84. The quantitative estimate of drug-likeness (QED) is 0.900. The zero-order chi connectivity index (χ0) is 9.97. The van der Waals surface area contributed by atoms with Gasteiger partial charge >= 0.3 is 0 Å². The van der Waals surface area contributed by atoms with Crippen LogP contribution in [0.25, 0.3) is 0 Å². The molecular formula is C11H16BrNO. The van der Waals surface area contributed by atoms with Crippen LogP contribution in [0.2, 0.25) is 0 Å². The van der Waals surface area contributed by atoms with Crippen LogP contribution in [0.1, 0.15) is 30.9 Å². The van der Waals surface area contributed by atoms with Gasteiger partial charge in [-0.2, -0.15) is 0 Å². The van der Waals surface area contributed by atoms with E-state index in [-0.39, 0.29) is 0 Å². The van der Waals surface area contributed by atoms with Crippen LogP contribution in [0.4, 0.5) is 0 Å². The lowest BCUT2D eigenvalue weighted by molar-refractivity contribution is 0.386. The molecule has 0 amide bonds. The van der Waals surface area contributed by atoms with Gasteiger partial charge in [-0.1, -0.05) is 6.42 Å². The van der Waals surface area contributed by atoms with Gasteiger partial charge in [0.25, 0.3) is 0 Å². The van der Waals surface area contributed by atoms with Crippen molar-refractivity contribution in [2.24, 2.45) is 5.92 Å². The highest BCUT2D eigenvalue weighted by Gasteiger charge is 2.31. The minimum absolute atomic E-state index is 0.604. The molecule has 14 heavy (non-hydrogen) atoms. The van der Waals surface area contributed by atoms with Crippen molar-refractivity contribution in [3.63, 3.8) is 0 Å². The van der Waals surface area contributed by atoms with E-state index < -0.39 is 0 Å². The van der Waals surface area contributed by atoms with E-state index in [4.69, 9.17) is 4.42 Å². The molecule has 1 N–H and O–H groups in total. The maximum absolute atomic E-state index is 5.55. The number of hydrogen-bond donors (Lipinski definition) is 1. The van der Waals surface area contributed by atoms with Crippen molar-refractivity contribution in [2.75, 3.05) is 13.6 Å². The van der Waals surface area contributed by atoms with Gasteiger partial charge in [0.1, 0.15) is 5.76 Å². The van der Waals surface area contributed by atoms with Gasteiger partial charge in [-0.3, -0.25) is 0 Å². The summed E-state index contributed by atoms with van der Waals surface area (Å²) in [6.07, 6.45) is 5.68. The van der Waals surface area contributed by atoms with Crippen molar-refractivity contribution >= 4 is 15.9 Å². The van der Waals surface area contributed by atoms with Crippen LogP contribution in [-0.2, 0) is 0 Å². The number of hydrogen-bond acceptors (Lipinski definition) is 2. The van der Waals surface area contributed by atoms with E-state index >= 15 is 0 Å². The zero-order valence-corrected chi connectivity index (χ0v) is 10.0. The predicted molar refractivity (Wildman–Crippen MR) is 60.4 cm³/mol. The van der Waals surface area contributed by atoms with Crippen LogP contribution in [0.5, 0.6) is 0 Å². The summed E-state index contributed by atoms with van der Waals surface area (Å²) in [7, 11) is 2.02. The summed E-state index contributed by atoms with van der Waals surface area (Å²) in [5.41, 5.74) is 0. The van der Waals surface area contributed by atoms with Crippen molar-refractivity contribution in [1.82, 2.24) is 5.32 Å². The van der Waals surface area contributed by atoms with Crippen molar-refractivity contribution in [3.05, 3.63) is 22.6 Å². The van der Waals surface area contributed by atoms with Crippen LogP contribution in [0.3, 0.4) is 0 Å². The van der Waals surface area contributed by atoms with Crippen LogP contribution in [0.15, 0.2) is 21.2 Å². The van der Waals surface area contributed by atoms with Crippen molar-refractivity contribution in [3.8, 4) is 0 Å². The Morgan fingerprint density at radius 3 is 3.07 bits per heavy atom. The molecule has 1 aromatic rings. The largest absolute Gasteiger partial charge is 0.468 e. The second kappa shape index (κ2) is 4.49. The van der Waals surface area contributed by atoms with Crippen molar-refractivity contribution in [1.29, 1.82) is 0 Å². The fraction of sp³-hybridized carbons (Fsp3) is 0.636. The molecule has 3 heteroatoms. The number of halogens is 1. The van der Waals surface area contributed by atoms with Gasteiger partial charge in [-0.15, -0.1) is 0 Å². The molecule has 0 spiro atoms. The Hall–Kier alpha value is -0.280. The fourth-order valence-corrected chi connectivity index (χ4v) is 2.95. The average molecular weight is 258 g/mol. The lowest BCUT2D eigenvalue weighted by Crippen LogP contribution is -2.20.